The zero-order chi connectivity index (χ0) is 21.2. The van der Waals surface area contributed by atoms with Gasteiger partial charge in [0.1, 0.15) is 0 Å². The molecule has 29 heavy (non-hydrogen) atoms. The number of hydrogen-bond acceptors (Lipinski definition) is 4. The number of nitrogens with zero attached hydrogens (tertiary/aromatic N) is 1. The Labute approximate surface area is 172 Å². The number of likely N-dealkylation sites (N-methyl/N-ethyl adjacent to an activating group) is 1. The molecule has 0 amide bonds. The maximum Gasteiger partial charge on any atom is 0.494 e. The van der Waals surface area contributed by atoms with Crippen LogP contribution in [0.3, 0.4) is 0 Å². The van der Waals surface area contributed by atoms with Crippen molar-refractivity contribution >= 4 is 18.3 Å². The van der Waals surface area contributed by atoms with Crippen LogP contribution in [-0.2, 0) is 9.31 Å². The molecule has 1 N–H and O–H groups in total. The number of benzene rings is 1. The summed E-state index contributed by atoms with van der Waals surface area (Å²) < 4.78 is 39.8. The quantitative estimate of drug-likeness (QED) is 0.788. The molecule has 1 aromatic carbocycles. The molecule has 0 aromatic heterocycles. The van der Waals surface area contributed by atoms with Gasteiger partial charge in [0.15, 0.2) is 0 Å². The lowest BCUT2D eigenvalue weighted by atomic mass is 9.79. The molecule has 3 aliphatic rings. The Morgan fingerprint density at radius 2 is 1.69 bits per heavy atom. The van der Waals surface area contributed by atoms with Crippen LogP contribution in [0.5, 0.6) is 0 Å². The lowest BCUT2D eigenvalue weighted by Gasteiger charge is -2.32. The standard InChI is InChI=1S/C22H29BF2N2O2/c1-14-11-17(26-19(14)18-12-22(24,25)13-27(18)6)15-7-9-16(10-8-15)23-28-20(2,3)21(4,5)29-23/h7-11,18-19,26H,1,12-13H2,2-6H3. The molecular formula is C22H29BF2N2O2. The van der Waals surface area contributed by atoms with Gasteiger partial charge in [-0.3, -0.25) is 4.90 Å². The predicted molar refractivity (Wildman–Crippen MR) is 112 cm³/mol. The number of halogens is 2. The van der Waals surface area contributed by atoms with Gasteiger partial charge in [-0.1, -0.05) is 30.8 Å². The zero-order valence-electron chi connectivity index (χ0n) is 17.8. The highest BCUT2D eigenvalue weighted by molar-refractivity contribution is 6.62. The van der Waals surface area contributed by atoms with Gasteiger partial charge < -0.3 is 14.6 Å². The van der Waals surface area contributed by atoms with Gasteiger partial charge in [-0.25, -0.2) is 8.78 Å². The predicted octanol–water partition coefficient (Wildman–Crippen LogP) is 3.19. The minimum Gasteiger partial charge on any atom is -0.399 e. The van der Waals surface area contributed by atoms with Gasteiger partial charge in [-0.15, -0.1) is 0 Å². The average Bonchev–Trinajstić information content (AvgIpc) is 3.19. The summed E-state index contributed by atoms with van der Waals surface area (Å²) in [6.45, 7) is 12.0. The van der Waals surface area contributed by atoms with E-state index < -0.39 is 13.0 Å². The first-order chi connectivity index (χ1) is 13.4. The Bertz CT molecular complexity index is 835. The van der Waals surface area contributed by atoms with Crippen molar-refractivity contribution in [2.45, 2.75) is 63.3 Å². The molecule has 4 nitrogen and oxygen atoms in total. The van der Waals surface area contributed by atoms with E-state index in [0.717, 1.165) is 22.3 Å². The van der Waals surface area contributed by atoms with E-state index in [4.69, 9.17) is 9.31 Å². The Morgan fingerprint density at radius 3 is 2.21 bits per heavy atom. The van der Waals surface area contributed by atoms with E-state index in [1.807, 2.05) is 58.0 Å². The third kappa shape index (κ3) is 3.64. The second-order valence-electron chi connectivity index (χ2n) is 9.51. The minimum absolute atomic E-state index is 0.151. The number of rotatable bonds is 3. The monoisotopic (exact) mass is 402 g/mol. The van der Waals surface area contributed by atoms with Crippen LogP contribution in [0.25, 0.3) is 5.70 Å². The number of hydrogen-bond donors (Lipinski definition) is 1. The van der Waals surface area contributed by atoms with Gasteiger partial charge in [0.2, 0.25) is 0 Å². The first kappa shape index (κ1) is 20.6. The van der Waals surface area contributed by atoms with Gasteiger partial charge in [0, 0.05) is 18.2 Å². The molecule has 2 atom stereocenters. The van der Waals surface area contributed by atoms with Crippen LogP contribution in [-0.4, -0.2) is 54.8 Å². The number of likely N-dealkylation sites (tertiary alicyclic amines) is 1. The van der Waals surface area contributed by atoms with Crippen molar-refractivity contribution in [1.29, 1.82) is 0 Å². The molecule has 0 saturated carbocycles. The van der Waals surface area contributed by atoms with Crippen LogP contribution in [0, 0.1) is 0 Å². The second kappa shape index (κ2) is 6.66. The van der Waals surface area contributed by atoms with E-state index in [2.05, 4.69) is 11.9 Å². The molecule has 156 valence electrons. The summed E-state index contributed by atoms with van der Waals surface area (Å²) >= 11 is 0. The van der Waals surface area contributed by atoms with E-state index in [-0.39, 0.29) is 36.3 Å². The van der Waals surface area contributed by atoms with Crippen LogP contribution < -0.4 is 10.8 Å². The van der Waals surface area contributed by atoms with Gasteiger partial charge in [0.05, 0.1) is 23.8 Å². The van der Waals surface area contributed by atoms with E-state index in [9.17, 15) is 8.78 Å². The van der Waals surface area contributed by atoms with E-state index in [1.165, 1.54) is 0 Å². The van der Waals surface area contributed by atoms with Gasteiger partial charge >= 0.3 is 7.12 Å². The van der Waals surface area contributed by atoms with Gasteiger partial charge in [-0.05, 0) is 57.4 Å². The molecule has 0 aliphatic carbocycles. The summed E-state index contributed by atoms with van der Waals surface area (Å²) in [5.41, 5.74) is 2.92. The van der Waals surface area contributed by atoms with Crippen LogP contribution in [0.2, 0.25) is 0 Å². The normalized spacial score (nSPS) is 30.5. The highest BCUT2D eigenvalue weighted by Crippen LogP contribution is 2.38. The van der Waals surface area contributed by atoms with Crippen molar-refractivity contribution in [3.8, 4) is 0 Å². The fraction of sp³-hybridized carbons (Fsp3) is 0.545. The van der Waals surface area contributed by atoms with E-state index in [1.54, 1.807) is 11.9 Å². The summed E-state index contributed by atoms with van der Waals surface area (Å²) in [7, 11) is 1.34. The van der Waals surface area contributed by atoms with Crippen molar-refractivity contribution in [1.82, 2.24) is 10.2 Å². The summed E-state index contributed by atoms with van der Waals surface area (Å²) in [5.74, 6) is -2.64. The Hall–Kier alpha value is -1.70. The van der Waals surface area contributed by atoms with Crippen molar-refractivity contribution < 1.29 is 18.1 Å². The van der Waals surface area contributed by atoms with Crippen molar-refractivity contribution in [3.63, 3.8) is 0 Å². The zero-order valence-corrected chi connectivity index (χ0v) is 17.8. The topological polar surface area (TPSA) is 33.7 Å². The van der Waals surface area contributed by atoms with Crippen LogP contribution in [0.4, 0.5) is 8.78 Å². The fourth-order valence-corrected chi connectivity index (χ4v) is 4.27. The second-order valence-corrected chi connectivity index (χ2v) is 9.51. The summed E-state index contributed by atoms with van der Waals surface area (Å²) in [6, 6.07) is 7.52. The van der Waals surface area contributed by atoms with Gasteiger partial charge in [0.25, 0.3) is 5.92 Å². The van der Waals surface area contributed by atoms with Gasteiger partial charge in [-0.2, -0.15) is 0 Å². The summed E-state index contributed by atoms with van der Waals surface area (Å²) in [5, 5.41) is 3.41. The maximum atomic E-state index is 13.8. The Balaban J connectivity index is 1.47. The number of nitrogens with one attached hydrogen (secondary N) is 1. The fourth-order valence-electron chi connectivity index (χ4n) is 4.27. The molecule has 2 saturated heterocycles. The largest absolute Gasteiger partial charge is 0.494 e. The van der Waals surface area contributed by atoms with Crippen molar-refractivity contribution in [2.24, 2.45) is 0 Å². The average molecular weight is 402 g/mol. The van der Waals surface area contributed by atoms with E-state index in [0.29, 0.717) is 0 Å². The highest BCUT2D eigenvalue weighted by atomic mass is 19.3. The molecule has 0 spiro atoms. The lowest BCUT2D eigenvalue weighted by molar-refractivity contribution is 0.00578. The third-order valence-corrected chi connectivity index (χ3v) is 6.73. The minimum atomic E-state index is -2.64. The van der Waals surface area contributed by atoms with Crippen LogP contribution in [0.1, 0.15) is 39.7 Å². The summed E-state index contributed by atoms with van der Waals surface area (Å²) in [4.78, 5) is 1.72. The molecule has 2 fully saturated rings. The SMILES string of the molecule is C=C1C=C(c2ccc(B3OC(C)(C)C(C)(C)O3)cc2)NC1C1CC(F)(F)CN1C. The smallest absolute Gasteiger partial charge is 0.399 e. The number of alkyl halides is 2. The summed E-state index contributed by atoms with van der Waals surface area (Å²) in [6.07, 6.45) is 1.81. The van der Waals surface area contributed by atoms with Crippen molar-refractivity contribution in [2.75, 3.05) is 13.6 Å². The lowest BCUT2D eigenvalue weighted by Crippen LogP contribution is -2.43. The highest BCUT2D eigenvalue weighted by Gasteiger charge is 2.52. The molecular weight excluding hydrogens is 373 g/mol. The molecule has 4 rings (SSSR count). The molecule has 0 radical (unpaired) electrons. The molecule has 3 aliphatic heterocycles. The van der Waals surface area contributed by atoms with E-state index >= 15 is 0 Å². The molecule has 0 bridgehead atoms. The molecule has 2 unspecified atom stereocenters. The first-order valence-electron chi connectivity index (χ1n) is 10.1. The molecule has 1 aromatic rings. The maximum absolute atomic E-state index is 13.8. The first-order valence-corrected chi connectivity index (χ1v) is 10.1. The molecule has 7 heteroatoms. The van der Waals surface area contributed by atoms with Crippen molar-refractivity contribution in [3.05, 3.63) is 48.1 Å². The third-order valence-electron chi connectivity index (χ3n) is 6.73. The van der Waals surface area contributed by atoms with Crippen LogP contribution >= 0.6 is 0 Å². The van der Waals surface area contributed by atoms with Crippen LogP contribution in [0.15, 0.2) is 42.5 Å². The Kier molecular flexibility index (Phi) is 4.72. The molecule has 3 heterocycles. The Morgan fingerprint density at radius 1 is 1.10 bits per heavy atom.